The molecular formula is C10H14FN2O13P3S. The molecule has 1 aliphatic rings. The first kappa shape index (κ1) is 25.0. The Kier molecular flexibility index (Phi) is 6.99. The summed E-state index contributed by atoms with van der Waals surface area (Å²) in [4.78, 5) is 49.5. The van der Waals surface area contributed by atoms with E-state index >= 15 is 0 Å². The Morgan fingerprint density at radius 2 is 1.87 bits per heavy atom. The van der Waals surface area contributed by atoms with Crippen molar-refractivity contribution in [3.05, 3.63) is 38.9 Å². The molecule has 20 heteroatoms. The molecule has 1 aromatic heterocycles. The average molecular weight is 514 g/mol. The standard InChI is InChI=1S/C10H14FN2O13P3S/c1-10(11)7(14)5(24-8(10)13-3-2-6(30)12-9(13)15)4-23-28(19,20)26-29(21,22)25-27(16,17)18/h2-3,8,14H,4H2,1H3,(H,19,20)(H,21,22)(H,12,15,30)(H2,16,17,18)/t8-,10?/m1/s1. The summed E-state index contributed by atoms with van der Waals surface area (Å²) in [6, 6.07) is 1.22. The highest BCUT2D eigenvalue weighted by atomic mass is 32.1. The van der Waals surface area contributed by atoms with Crippen LogP contribution in [0.5, 0.6) is 0 Å². The summed E-state index contributed by atoms with van der Waals surface area (Å²) in [7, 11) is -16.9. The van der Waals surface area contributed by atoms with Crippen molar-refractivity contribution in [3.8, 4) is 0 Å². The SMILES string of the molecule is CC1(F)C(O)=C(COP(=O)(O)OP(=O)(O)OP(=O)(O)O)O[C@H]1n1ccc(=S)[nH]c1=O. The largest absolute Gasteiger partial charge is 0.506 e. The minimum absolute atomic E-state index is 0.0277. The summed E-state index contributed by atoms with van der Waals surface area (Å²) in [6.45, 7) is -0.401. The number of alkyl halides is 1. The first-order valence-electron chi connectivity index (χ1n) is 7.31. The summed E-state index contributed by atoms with van der Waals surface area (Å²) in [6.07, 6.45) is -0.737. The fraction of sp³-hybridized carbons (Fsp3) is 0.400. The van der Waals surface area contributed by atoms with Gasteiger partial charge in [-0.25, -0.2) is 22.9 Å². The van der Waals surface area contributed by atoms with Crippen molar-refractivity contribution >= 4 is 35.7 Å². The molecule has 0 amide bonds. The maximum atomic E-state index is 14.9. The van der Waals surface area contributed by atoms with Gasteiger partial charge < -0.3 is 29.4 Å². The predicted octanol–water partition coefficient (Wildman–Crippen LogP) is 1.28. The van der Waals surface area contributed by atoms with Crippen LogP contribution in [-0.2, 0) is 31.6 Å². The van der Waals surface area contributed by atoms with Gasteiger partial charge in [-0.15, -0.1) is 0 Å². The van der Waals surface area contributed by atoms with E-state index in [1.54, 1.807) is 0 Å². The van der Waals surface area contributed by atoms with Gasteiger partial charge in [0.2, 0.25) is 11.9 Å². The van der Waals surface area contributed by atoms with Crippen molar-refractivity contribution in [2.45, 2.75) is 18.8 Å². The Morgan fingerprint density at radius 1 is 1.27 bits per heavy atom. The number of rotatable bonds is 8. The number of aliphatic hydroxyl groups is 1. The molecular weight excluding hydrogens is 500 g/mol. The molecule has 0 bridgehead atoms. The summed E-state index contributed by atoms with van der Waals surface area (Å²) >= 11 is 4.74. The third-order valence-electron chi connectivity index (χ3n) is 3.32. The van der Waals surface area contributed by atoms with E-state index in [1.165, 1.54) is 6.07 Å². The van der Waals surface area contributed by atoms with E-state index in [0.29, 0.717) is 4.57 Å². The summed E-state index contributed by atoms with van der Waals surface area (Å²) in [5.41, 5.74) is -3.63. The molecule has 0 aliphatic carbocycles. The van der Waals surface area contributed by atoms with Gasteiger partial charge in [0.15, 0.2) is 11.5 Å². The number of halogens is 1. The van der Waals surface area contributed by atoms with Gasteiger partial charge in [0.1, 0.15) is 11.2 Å². The van der Waals surface area contributed by atoms with Gasteiger partial charge in [-0.1, -0.05) is 12.2 Å². The number of phosphoric ester groups is 1. The van der Waals surface area contributed by atoms with E-state index in [1.807, 2.05) is 0 Å². The Morgan fingerprint density at radius 3 is 2.40 bits per heavy atom. The van der Waals surface area contributed by atoms with Gasteiger partial charge in [0.05, 0.1) is 0 Å². The highest BCUT2D eigenvalue weighted by Crippen LogP contribution is 2.66. The third kappa shape index (κ3) is 6.15. The van der Waals surface area contributed by atoms with Crippen molar-refractivity contribution in [2.24, 2.45) is 0 Å². The Balaban J connectivity index is 2.17. The van der Waals surface area contributed by atoms with Crippen LogP contribution in [0.1, 0.15) is 13.2 Å². The molecule has 2 rings (SSSR count). The zero-order valence-corrected chi connectivity index (χ0v) is 18.0. The zero-order chi connectivity index (χ0) is 23.1. The predicted molar refractivity (Wildman–Crippen MR) is 95.0 cm³/mol. The number of hydrogen-bond donors (Lipinski definition) is 6. The molecule has 0 fully saturated rings. The van der Waals surface area contributed by atoms with Crippen molar-refractivity contribution in [2.75, 3.05) is 6.61 Å². The molecule has 1 aromatic rings. The van der Waals surface area contributed by atoms with Crippen LogP contribution in [0.3, 0.4) is 0 Å². The molecule has 4 atom stereocenters. The van der Waals surface area contributed by atoms with Gasteiger partial charge >= 0.3 is 29.2 Å². The molecule has 170 valence electrons. The second-order valence-electron chi connectivity index (χ2n) is 5.70. The molecule has 6 N–H and O–H groups in total. The van der Waals surface area contributed by atoms with Crippen LogP contribution in [0.4, 0.5) is 4.39 Å². The number of aromatic nitrogens is 2. The Labute approximate surface area is 170 Å². The van der Waals surface area contributed by atoms with Crippen LogP contribution in [-0.4, -0.2) is 46.5 Å². The fourth-order valence-corrected chi connectivity index (χ4v) is 5.29. The number of nitrogens with zero attached hydrogens (tertiary/aromatic N) is 1. The maximum Gasteiger partial charge on any atom is 0.490 e. The van der Waals surface area contributed by atoms with E-state index in [9.17, 15) is 32.9 Å². The van der Waals surface area contributed by atoms with Gasteiger partial charge in [0.25, 0.3) is 0 Å². The van der Waals surface area contributed by atoms with E-state index in [-0.39, 0.29) is 4.64 Å². The molecule has 2 heterocycles. The molecule has 0 saturated heterocycles. The van der Waals surface area contributed by atoms with Gasteiger partial charge in [-0.3, -0.25) is 14.1 Å². The van der Waals surface area contributed by atoms with Gasteiger partial charge in [0, 0.05) is 6.20 Å². The quantitative estimate of drug-likeness (QED) is 0.212. The highest BCUT2D eigenvalue weighted by molar-refractivity contribution is 7.71. The molecule has 0 spiro atoms. The second-order valence-corrected chi connectivity index (χ2v) is 10.6. The van der Waals surface area contributed by atoms with Crippen molar-refractivity contribution in [1.29, 1.82) is 0 Å². The van der Waals surface area contributed by atoms with Gasteiger partial charge in [-0.05, 0) is 13.0 Å². The minimum atomic E-state index is -5.76. The van der Waals surface area contributed by atoms with Crippen molar-refractivity contribution < 1.29 is 60.6 Å². The lowest BCUT2D eigenvalue weighted by molar-refractivity contribution is -0.0308. The lowest BCUT2D eigenvalue weighted by atomic mass is 10.1. The van der Waals surface area contributed by atoms with Crippen LogP contribution in [0.25, 0.3) is 0 Å². The van der Waals surface area contributed by atoms with Crippen LogP contribution in [0.2, 0.25) is 0 Å². The number of nitrogens with one attached hydrogen (secondary N) is 1. The Hall–Kier alpha value is -1.22. The van der Waals surface area contributed by atoms with Crippen molar-refractivity contribution in [3.63, 3.8) is 0 Å². The smallest absolute Gasteiger partial charge is 0.490 e. The van der Waals surface area contributed by atoms with Crippen LogP contribution < -0.4 is 5.69 Å². The first-order chi connectivity index (χ1) is 13.4. The first-order valence-corrected chi connectivity index (χ1v) is 12.2. The molecule has 0 saturated carbocycles. The molecule has 3 unspecified atom stereocenters. The van der Waals surface area contributed by atoms with Crippen LogP contribution in [0.15, 0.2) is 28.6 Å². The molecule has 15 nitrogen and oxygen atoms in total. The normalized spacial score (nSPS) is 26.1. The summed E-state index contributed by atoms with van der Waals surface area (Å²) in [5.74, 6) is -1.93. The number of hydrogen-bond acceptors (Lipinski definition) is 10. The van der Waals surface area contributed by atoms with E-state index in [2.05, 4.69) is 18.1 Å². The number of H-pyrrole nitrogens is 1. The minimum Gasteiger partial charge on any atom is -0.506 e. The molecule has 30 heavy (non-hydrogen) atoms. The average Bonchev–Trinajstić information content (AvgIpc) is 2.73. The molecule has 0 radical (unpaired) electrons. The van der Waals surface area contributed by atoms with Crippen molar-refractivity contribution in [1.82, 2.24) is 9.55 Å². The van der Waals surface area contributed by atoms with E-state index in [0.717, 1.165) is 13.1 Å². The molecule has 0 aromatic carbocycles. The number of ether oxygens (including phenoxy) is 1. The summed E-state index contributed by atoms with van der Waals surface area (Å²) < 4.78 is 65.5. The van der Waals surface area contributed by atoms with E-state index in [4.69, 9.17) is 31.6 Å². The highest BCUT2D eigenvalue weighted by Gasteiger charge is 2.51. The van der Waals surface area contributed by atoms with Gasteiger partial charge in [-0.2, -0.15) is 8.62 Å². The monoisotopic (exact) mass is 514 g/mol. The molecule has 1 aliphatic heterocycles. The Bertz CT molecular complexity index is 1120. The topological polar surface area (TPSA) is 227 Å². The second kappa shape index (κ2) is 8.37. The van der Waals surface area contributed by atoms with E-state index < -0.39 is 59.2 Å². The lowest BCUT2D eigenvalue weighted by Gasteiger charge is -2.23. The third-order valence-corrected chi connectivity index (χ3v) is 7.34. The number of aliphatic hydroxyl groups excluding tert-OH is 1. The number of aromatic amines is 1. The zero-order valence-electron chi connectivity index (χ0n) is 14.5. The number of phosphoric acid groups is 3. The fourth-order valence-electron chi connectivity index (χ4n) is 2.17. The summed E-state index contributed by atoms with van der Waals surface area (Å²) in [5, 5.41) is 9.99. The lowest BCUT2D eigenvalue weighted by Crippen LogP contribution is -2.37. The van der Waals surface area contributed by atoms with Crippen LogP contribution >= 0.6 is 35.7 Å². The maximum absolute atomic E-state index is 14.9. The van der Waals surface area contributed by atoms with Crippen LogP contribution in [0, 0.1) is 4.64 Å².